The van der Waals surface area contributed by atoms with Crippen molar-refractivity contribution in [2.24, 2.45) is 0 Å². The molecule has 0 fully saturated rings. The van der Waals surface area contributed by atoms with Gasteiger partial charge in [0.15, 0.2) is 5.60 Å². The summed E-state index contributed by atoms with van der Waals surface area (Å²) in [6.07, 6.45) is 0.984. The minimum absolute atomic E-state index is 0.0314. The standard InChI is InChI=1S/C23H26BrClFNO2S/c1-14(2)11-19(27-30(28)22(3,4)5)23(15-9-7-6-8-10-15)13-16-18(29-23)12-17(26)21(25)20(16)24/h6-10,12,19,27H,1,11,13H2,2-5H3/t19-,23+,30?/m1/s1. The first-order valence-corrected chi connectivity index (χ1v) is 12.0. The molecule has 2 aromatic carbocycles. The maximum Gasteiger partial charge on any atom is 0.155 e. The summed E-state index contributed by atoms with van der Waals surface area (Å²) in [5.74, 6) is -0.114. The Kier molecular flexibility index (Phi) is 6.83. The molecule has 0 aromatic heterocycles. The maximum absolute atomic E-state index is 14.3. The van der Waals surface area contributed by atoms with E-state index in [-0.39, 0.29) is 11.1 Å². The number of fused-ring (bicyclic) bond motifs is 1. The van der Waals surface area contributed by atoms with Gasteiger partial charge in [0.05, 0.1) is 26.8 Å². The lowest BCUT2D eigenvalue weighted by Crippen LogP contribution is -2.54. The van der Waals surface area contributed by atoms with Crippen LogP contribution in [0.15, 0.2) is 53.0 Å². The van der Waals surface area contributed by atoms with Gasteiger partial charge < -0.3 is 4.74 Å². The summed E-state index contributed by atoms with van der Waals surface area (Å²) in [5, 5.41) is 0.0314. The Labute approximate surface area is 193 Å². The molecule has 1 heterocycles. The van der Waals surface area contributed by atoms with E-state index >= 15 is 0 Å². The van der Waals surface area contributed by atoms with Crippen LogP contribution in [0.25, 0.3) is 0 Å². The molecule has 7 heteroatoms. The number of hydrogen-bond donors (Lipinski definition) is 1. The van der Waals surface area contributed by atoms with E-state index in [9.17, 15) is 8.60 Å². The first kappa shape index (κ1) is 23.5. The minimum Gasteiger partial charge on any atom is -0.480 e. The van der Waals surface area contributed by atoms with Crippen molar-refractivity contribution in [1.29, 1.82) is 0 Å². The van der Waals surface area contributed by atoms with Crippen LogP contribution in [0, 0.1) is 5.82 Å². The molecule has 30 heavy (non-hydrogen) atoms. The second-order valence-corrected chi connectivity index (χ2v) is 11.9. The predicted octanol–water partition coefficient (Wildman–Crippen LogP) is 6.46. The zero-order chi connectivity index (χ0) is 22.3. The Morgan fingerprint density at radius 3 is 2.60 bits per heavy atom. The van der Waals surface area contributed by atoms with Crippen LogP contribution in [-0.2, 0) is 23.0 Å². The molecular formula is C23H26BrClFNO2S. The summed E-state index contributed by atoms with van der Waals surface area (Å²) < 4.78 is 37.2. The van der Waals surface area contributed by atoms with E-state index in [0.717, 1.165) is 16.7 Å². The van der Waals surface area contributed by atoms with Crippen LogP contribution in [-0.4, -0.2) is 15.0 Å². The summed E-state index contributed by atoms with van der Waals surface area (Å²) in [4.78, 5) is 0. The SMILES string of the molecule is C=C(C)C[C@@H](NS(=O)C(C)(C)C)[C@@]1(c2ccccc2)Cc2c(cc(F)c(Cl)c2Br)O1. The topological polar surface area (TPSA) is 38.3 Å². The fraction of sp³-hybridized carbons (Fsp3) is 0.391. The summed E-state index contributed by atoms with van der Waals surface area (Å²) in [6.45, 7) is 11.8. The highest BCUT2D eigenvalue weighted by Gasteiger charge is 2.49. The van der Waals surface area contributed by atoms with Crippen LogP contribution in [0.3, 0.4) is 0 Å². The average molecular weight is 515 g/mol. The highest BCUT2D eigenvalue weighted by Crippen LogP contribution is 2.49. The summed E-state index contributed by atoms with van der Waals surface area (Å²) in [6, 6.07) is 10.7. The average Bonchev–Trinajstić information content (AvgIpc) is 3.06. The highest BCUT2D eigenvalue weighted by molar-refractivity contribution is 9.10. The third kappa shape index (κ3) is 4.52. The summed E-state index contributed by atoms with van der Waals surface area (Å²) >= 11 is 9.59. The van der Waals surface area contributed by atoms with E-state index in [4.69, 9.17) is 16.3 Å². The van der Waals surface area contributed by atoms with Gasteiger partial charge in [-0.1, -0.05) is 47.5 Å². The van der Waals surface area contributed by atoms with Gasteiger partial charge in [-0.15, -0.1) is 6.58 Å². The van der Waals surface area contributed by atoms with Gasteiger partial charge in [0.25, 0.3) is 0 Å². The van der Waals surface area contributed by atoms with Gasteiger partial charge in [-0.05, 0) is 55.6 Å². The Morgan fingerprint density at radius 1 is 1.40 bits per heavy atom. The van der Waals surface area contributed by atoms with E-state index < -0.39 is 27.2 Å². The third-order valence-electron chi connectivity index (χ3n) is 5.14. The fourth-order valence-electron chi connectivity index (χ4n) is 3.59. The van der Waals surface area contributed by atoms with Crippen molar-refractivity contribution in [1.82, 2.24) is 4.72 Å². The van der Waals surface area contributed by atoms with Gasteiger partial charge in [0.2, 0.25) is 0 Å². The van der Waals surface area contributed by atoms with Crippen molar-refractivity contribution in [3.05, 3.63) is 75.0 Å². The van der Waals surface area contributed by atoms with Crippen LogP contribution in [0.2, 0.25) is 5.02 Å². The molecular weight excluding hydrogens is 489 g/mol. The molecule has 2 aromatic rings. The summed E-state index contributed by atoms with van der Waals surface area (Å²) in [7, 11) is -1.34. The highest BCUT2D eigenvalue weighted by atomic mass is 79.9. The molecule has 1 N–H and O–H groups in total. The van der Waals surface area contributed by atoms with E-state index in [1.54, 1.807) is 0 Å². The van der Waals surface area contributed by atoms with E-state index in [1.807, 2.05) is 58.0 Å². The van der Waals surface area contributed by atoms with Gasteiger partial charge in [0, 0.05) is 22.5 Å². The number of benzene rings is 2. The van der Waals surface area contributed by atoms with Crippen molar-refractivity contribution >= 4 is 38.5 Å². The Balaban J connectivity index is 2.16. The molecule has 0 aliphatic carbocycles. The number of halogens is 3. The molecule has 0 amide bonds. The normalized spacial score (nSPS) is 20.4. The molecule has 3 nitrogen and oxygen atoms in total. The molecule has 1 aliphatic rings. The monoisotopic (exact) mass is 513 g/mol. The van der Waals surface area contributed by atoms with Gasteiger partial charge >= 0.3 is 0 Å². The van der Waals surface area contributed by atoms with Crippen LogP contribution < -0.4 is 9.46 Å². The number of hydrogen-bond acceptors (Lipinski definition) is 2. The van der Waals surface area contributed by atoms with Crippen molar-refractivity contribution in [3.63, 3.8) is 0 Å². The molecule has 0 radical (unpaired) electrons. The zero-order valence-corrected chi connectivity index (χ0v) is 20.7. The third-order valence-corrected chi connectivity index (χ3v) is 8.22. The predicted molar refractivity (Wildman–Crippen MR) is 126 cm³/mol. The first-order valence-electron chi connectivity index (χ1n) is 9.69. The first-order chi connectivity index (χ1) is 14.0. The molecule has 0 saturated carbocycles. The second kappa shape index (κ2) is 8.73. The minimum atomic E-state index is -1.34. The van der Waals surface area contributed by atoms with Crippen molar-refractivity contribution in [2.45, 2.75) is 56.9 Å². The molecule has 1 aliphatic heterocycles. The molecule has 3 rings (SSSR count). The number of ether oxygens (including phenoxy) is 1. The van der Waals surface area contributed by atoms with Gasteiger partial charge in [-0.2, -0.15) is 0 Å². The molecule has 0 spiro atoms. The quantitative estimate of drug-likeness (QED) is 0.355. The van der Waals surface area contributed by atoms with Crippen molar-refractivity contribution in [2.75, 3.05) is 0 Å². The van der Waals surface area contributed by atoms with E-state index in [2.05, 4.69) is 27.2 Å². The smallest absolute Gasteiger partial charge is 0.155 e. The van der Waals surface area contributed by atoms with E-state index in [1.165, 1.54) is 6.07 Å². The van der Waals surface area contributed by atoms with E-state index in [0.29, 0.717) is 23.1 Å². The Bertz CT molecular complexity index is 993. The van der Waals surface area contributed by atoms with Crippen LogP contribution in [0.5, 0.6) is 5.75 Å². The Morgan fingerprint density at radius 2 is 2.03 bits per heavy atom. The lowest BCUT2D eigenvalue weighted by molar-refractivity contribution is 0.0556. The maximum atomic E-state index is 14.3. The second-order valence-electron chi connectivity index (χ2n) is 8.71. The summed E-state index contributed by atoms with van der Waals surface area (Å²) in [5.41, 5.74) is 1.73. The lowest BCUT2D eigenvalue weighted by Gasteiger charge is -2.39. The van der Waals surface area contributed by atoms with Crippen LogP contribution in [0.1, 0.15) is 45.2 Å². The van der Waals surface area contributed by atoms with Crippen LogP contribution >= 0.6 is 27.5 Å². The van der Waals surface area contributed by atoms with Crippen molar-refractivity contribution < 1.29 is 13.3 Å². The van der Waals surface area contributed by atoms with Crippen molar-refractivity contribution in [3.8, 4) is 5.75 Å². The molecule has 162 valence electrons. The van der Waals surface area contributed by atoms with Gasteiger partial charge in [-0.25, -0.2) is 13.3 Å². The fourth-order valence-corrected chi connectivity index (χ4v) is 5.17. The zero-order valence-electron chi connectivity index (χ0n) is 17.5. The lowest BCUT2D eigenvalue weighted by atomic mass is 9.80. The number of nitrogens with one attached hydrogen (secondary N) is 1. The Hall–Kier alpha value is -1.21. The largest absolute Gasteiger partial charge is 0.480 e. The van der Waals surface area contributed by atoms with Gasteiger partial charge in [-0.3, -0.25) is 0 Å². The molecule has 0 bridgehead atoms. The van der Waals surface area contributed by atoms with Gasteiger partial charge in [0.1, 0.15) is 11.6 Å². The molecule has 0 saturated heterocycles. The number of rotatable bonds is 6. The van der Waals surface area contributed by atoms with Crippen LogP contribution in [0.4, 0.5) is 4.39 Å². The molecule has 3 atom stereocenters. The molecule has 1 unspecified atom stereocenters.